The van der Waals surface area contributed by atoms with E-state index >= 15 is 0 Å². The molecule has 0 amide bonds. The van der Waals surface area contributed by atoms with Crippen LogP contribution >= 0.6 is 0 Å². The Morgan fingerprint density at radius 1 is 1.10 bits per heavy atom. The predicted octanol–water partition coefficient (Wildman–Crippen LogP) is 2.74. The molecule has 0 aliphatic carbocycles. The standard InChI is InChI=1S/C17H18N4/c1-2-12-11-19-10-8-14(12)17(21-18)15-7-3-5-13-6-4-9-20-16(13)15/h3-11,17,21H,2,18H2,1H3. The van der Waals surface area contributed by atoms with Crippen molar-refractivity contribution < 1.29 is 0 Å². The van der Waals surface area contributed by atoms with Gasteiger partial charge in [-0.05, 0) is 29.7 Å². The quantitative estimate of drug-likeness (QED) is 0.569. The average molecular weight is 278 g/mol. The van der Waals surface area contributed by atoms with Crippen molar-refractivity contribution in [2.75, 3.05) is 0 Å². The summed E-state index contributed by atoms with van der Waals surface area (Å²) in [5, 5.41) is 1.11. The molecule has 0 aliphatic rings. The minimum absolute atomic E-state index is 0.0958. The molecule has 106 valence electrons. The van der Waals surface area contributed by atoms with Gasteiger partial charge in [-0.3, -0.25) is 15.8 Å². The summed E-state index contributed by atoms with van der Waals surface area (Å²) < 4.78 is 0. The second-order valence-corrected chi connectivity index (χ2v) is 4.95. The topological polar surface area (TPSA) is 63.8 Å². The molecule has 1 unspecified atom stereocenters. The van der Waals surface area contributed by atoms with Gasteiger partial charge in [0.15, 0.2) is 0 Å². The van der Waals surface area contributed by atoms with Gasteiger partial charge < -0.3 is 0 Å². The van der Waals surface area contributed by atoms with Crippen molar-refractivity contribution in [1.29, 1.82) is 0 Å². The third kappa shape index (κ3) is 2.51. The fourth-order valence-corrected chi connectivity index (χ4v) is 2.72. The van der Waals surface area contributed by atoms with Crippen molar-refractivity contribution in [1.82, 2.24) is 15.4 Å². The number of hydrogen-bond donors (Lipinski definition) is 2. The van der Waals surface area contributed by atoms with Gasteiger partial charge in [0, 0.05) is 29.5 Å². The highest BCUT2D eigenvalue weighted by atomic mass is 15.2. The normalized spacial score (nSPS) is 12.5. The zero-order valence-corrected chi connectivity index (χ0v) is 12.0. The largest absolute Gasteiger partial charge is 0.271 e. The fraction of sp³-hybridized carbons (Fsp3) is 0.176. The van der Waals surface area contributed by atoms with Crippen molar-refractivity contribution in [3.05, 3.63) is 71.7 Å². The molecule has 2 heterocycles. The maximum Gasteiger partial charge on any atom is 0.0753 e. The second kappa shape index (κ2) is 5.99. The number of para-hydroxylation sites is 1. The molecule has 0 radical (unpaired) electrons. The number of nitrogens with two attached hydrogens (primary N) is 1. The highest BCUT2D eigenvalue weighted by Crippen LogP contribution is 2.28. The number of fused-ring (bicyclic) bond motifs is 1. The van der Waals surface area contributed by atoms with Crippen molar-refractivity contribution >= 4 is 10.9 Å². The van der Waals surface area contributed by atoms with Gasteiger partial charge in [-0.25, -0.2) is 5.43 Å². The lowest BCUT2D eigenvalue weighted by Gasteiger charge is -2.20. The highest BCUT2D eigenvalue weighted by molar-refractivity contribution is 5.82. The van der Waals surface area contributed by atoms with Crippen LogP contribution in [0.15, 0.2) is 55.0 Å². The van der Waals surface area contributed by atoms with Crippen LogP contribution in [0.5, 0.6) is 0 Å². The number of hydrazine groups is 1. The number of aromatic nitrogens is 2. The van der Waals surface area contributed by atoms with E-state index in [1.807, 2.05) is 30.6 Å². The summed E-state index contributed by atoms with van der Waals surface area (Å²) in [6.45, 7) is 2.12. The molecular formula is C17H18N4. The predicted molar refractivity (Wildman–Crippen MR) is 84.5 cm³/mol. The van der Waals surface area contributed by atoms with Crippen molar-refractivity contribution in [2.45, 2.75) is 19.4 Å². The molecule has 4 nitrogen and oxygen atoms in total. The lowest BCUT2D eigenvalue weighted by molar-refractivity contribution is 0.633. The number of aryl methyl sites for hydroxylation is 1. The fourth-order valence-electron chi connectivity index (χ4n) is 2.72. The van der Waals surface area contributed by atoms with Crippen LogP contribution in [0.4, 0.5) is 0 Å². The van der Waals surface area contributed by atoms with Gasteiger partial charge >= 0.3 is 0 Å². The van der Waals surface area contributed by atoms with Crippen molar-refractivity contribution in [3.8, 4) is 0 Å². The maximum atomic E-state index is 5.85. The number of nitrogens with zero attached hydrogens (tertiary/aromatic N) is 2. The lowest BCUT2D eigenvalue weighted by atomic mass is 9.93. The second-order valence-electron chi connectivity index (χ2n) is 4.95. The third-order valence-electron chi connectivity index (χ3n) is 3.77. The number of nitrogens with one attached hydrogen (secondary N) is 1. The summed E-state index contributed by atoms with van der Waals surface area (Å²) in [5.74, 6) is 5.85. The summed E-state index contributed by atoms with van der Waals surface area (Å²) in [6, 6.07) is 12.1. The van der Waals surface area contributed by atoms with Crippen LogP contribution in [0.1, 0.15) is 29.7 Å². The summed E-state index contributed by atoms with van der Waals surface area (Å²) >= 11 is 0. The van der Waals surface area contributed by atoms with Crippen LogP contribution in [0, 0.1) is 0 Å². The maximum absolute atomic E-state index is 5.85. The first-order valence-electron chi connectivity index (χ1n) is 7.07. The van der Waals surface area contributed by atoms with E-state index in [2.05, 4.69) is 40.5 Å². The van der Waals surface area contributed by atoms with Crippen LogP contribution in [0.3, 0.4) is 0 Å². The SMILES string of the molecule is CCc1cnccc1C(NN)c1cccc2cccnc12. The van der Waals surface area contributed by atoms with E-state index in [1.54, 1.807) is 6.20 Å². The molecule has 3 rings (SSSR count). The van der Waals surface area contributed by atoms with Gasteiger partial charge in [0.2, 0.25) is 0 Å². The molecular weight excluding hydrogens is 260 g/mol. The molecule has 0 aliphatic heterocycles. The van der Waals surface area contributed by atoms with Crippen LogP contribution in [0.2, 0.25) is 0 Å². The Hall–Kier alpha value is -2.30. The molecule has 1 atom stereocenters. The molecule has 21 heavy (non-hydrogen) atoms. The molecule has 0 fully saturated rings. The van der Waals surface area contributed by atoms with Gasteiger partial charge in [0.25, 0.3) is 0 Å². The third-order valence-corrected chi connectivity index (χ3v) is 3.77. The van der Waals surface area contributed by atoms with Crippen LogP contribution in [-0.4, -0.2) is 9.97 Å². The monoisotopic (exact) mass is 278 g/mol. The number of pyridine rings is 2. The Kier molecular flexibility index (Phi) is 3.90. The van der Waals surface area contributed by atoms with E-state index in [1.165, 1.54) is 5.56 Å². The summed E-state index contributed by atoms with van der Waals surface area (Å²) in [7, 11) is 0. The number of benzene rings is 1. The van der Waals surface area contributed by atoms with Gasteiger partial charge in [-0.15, -0.1) is 0 Å². The molecule has 2 aromatic heterocycles. The van der Waals surface area contributed by atoms with Gasteiger partial charge in [-0.2, -0.15) is 0 Å². The molecule has 0 saturated heterocycles. The summed E-state index contributed by atoms with van der Waals surface area (Å²) in [5.41, 5.74) is 7.32. The Balaban J connectivity index is 2.19. The summed E-state index contributed by atoms with van der Waals surface area (Å²) in [4.78, 5) is 8.72. The Labute approximate surface area is 124 Å². The van der Waals surface area contributed by atoms with Gasteiger partial charge in [0.05, 0.1) is 11.6 Å². The van der Waals surface area contributed by atoms with E-state index in [0.717, 1.165) is 28.5 Å². The Morgan fingerprint density at radius 3 is 2.76 bits per heavy atom. The first kappa shape index (κ1) is 13.7. The van der Waals surface area contributed by atoms with E-state index in [9.17, 15) is 0 Å². The molecule has 4 heteroatoms. The van der Waals surface area contributed by atoms with Crippen LogP contribution < -0.4 is 11.3 Å². The number of rotatable bonds is 4. The van der Waals surface area contributed by atoms with E-state index < -0.39 is 0 Å². The van der Waals surface area contributed by atoms with Crippen LogP contribution in [0.25, 0.3) is 10.9 Å². The van der Waals surface area contributed by atoms with E-state index in [0.29, 0.717) is 0 Å². The molecule has 0 saturated carbocycles. The zero-order chi connectivity index (χ0) is 14.7. The summed E-state index contributed by atoms with van der Waals surface area (Å²) in [6.07, 6.45) is 6.43. The highest BCUT2D eigenvalue weighted by Gasteiger charge is 2.18. The first-order valence-corrected chi connectivity index (χ1v) is 7.07. The van der Waals surface area contributed by atoms with Crippen LogP contribution in [-0.2, 0) is 6.42 Å². The minimum atomic E-state index is -0.0958. The number of hydrogen-bond acceptors (Lipinski definition) is 4. The Morgan fingerprint density at radius 2 is 1.95 bits per heavy atom. The average Bonchev–Trinajstić information content (AvgIpc) is 2.56. The zero-order valence-electron chi connectivity index (χ0n) is 12.0. The Bertz CT molecular complexity index is 749. The lowest BCUT2D eigenvalue weighted by Crippen LogP contribution is -2.30. The van der Waals surface area contributed by atoms with Gasteiger partial charge in [-0.1, -0.05) is 31.2 Å². The van der Waals surface area contributed by atoms with Crippen molar-refractivity contribution in [3.63, 3.8) is 0 Å². The molecule has 3 aromatic rings. The molecule has 0 bridgehead atoms. The molecule has 0 spiro atoms. The van der Waals surface area contributed by atoms with E-state index in [4.69, 9.17) is 5.84 Å². The van der Waals surface area contributed by atoms with Gasteiger partial charge in [0.1, 0.15) is 0 Å². The van der Waals surface area contributed by atoms with E-state index in [-0.39, 0.29) is 6.04 Å². The minimum Gasteiger partial charge on any atom is -0.271 e. The molecule has 1 aromatic carbocycles. The van der Waals surface area contributed by atoms with Crippen molar-refractivity contribution in [2.24, 2.45) is 5.84 Å². The molecule has 3 N–H and O–H groups in total. The smallest absolute Gasteiger partial charge is 0.0753 e. The first-order chi connectivity index (χ1) is 10.3.